The Morgan fingerprint density at radius 2 is 1.57 bits per heavy atom. The number of carbonyl (C=O) groups excluding carboxylic acids is 1. The Morgan fingerprint density at radius 3 is 2.14 bits per heavy atom. The Labute approximate surface area is 210 Å². The lowest BCUT2D eigenvalue weighted by molar-refractivity contribution is -0.116. The van der Waals surface area contributed by atoms with Gasteiger partial charge in [-0.15, -0.1) is 11.3 Å². The van der Waals surface area contributed by atoms with E-state index in [0.29, 0.717) is 16.1 Å². The summed E-state index contributed by atoms with van der Waals surface area (Å²) in [4.78, 5) is 31.7. The van der Waals surface area contributed by atoms with Gasteiger partial charge < -0.3 is 5.32 Å². The lowest BCUT2D eigenvalue weighted by Crippen LogP contribution is -2.28. The highest BCUT2D eigenvalue weighted by atomic mass is 32.1. The number of amides is 1. The van der Waals surface area contributed by atoms with E-state index in [1.165, 1.54) is 27.8 Å². The van der Waals surface area contributed by atoms with Crippen LogP contribution < -0.4 is 10.9 Å². The number of anilines is 1. The maximum absolute atomic E-state index is 13.4. The number of nitrogens with one attached hydrogen (secondary N) is 1. The SMILES string of the molecule is CC(C)c1ccc(-c2csc3ncn(CC(=O)Nc4c(C(C)C)cccc4C(C)C)c(=O)c23)cc1. The van der Waals surface area contributed by atoms with E-state index in [4.69, 9.17) is 0 Å². The minimum absolute atomic E-state index is 0.0900. The average molecular weight is 488 g/mol. The number of rotatable bonds is 7. The van der Waals surface area contributed by atoms with E-state index in [1.807, 2.05) is 23.6 Å². The number of hydrogen-bond acceptors (Lipinski definition) is 4. The molecule has 0 aliphatic rings. The molecule has 2 heterocycles. The second-order valence-electron chi connectivity index (χ2n) is 9.95. The van der Waals surface area contributed by atoms with Crippen molar-refractivity contribution in [1.82, 2.24) is 9.55 Å². The van der Waals surface area contributed by atoms with E-state index in [2.05, 4.69) is 76.1 Å². The first kappa shape index (κ1) is 24.9. The van der Waals surface area contributed by atoms with E-state index in [9.17, 15) is 9.59 Å². The fraction of sp³-hybridized carbons (Fsp3) is 0.345. The lowest BCUT2D eigenvalue weighted by atomic mass is 9.92. The van der Waals surface area contributed by atoms with Crippen molar-refractivity contribution in [2.45, 2.75) is 65.8 Å². The second-order valence-corrected chi connectivity index (χ2v) is 10.8. The van der Waals surface area contributed by atoms with Crippen LogP contribution in [0.1, 0.15) is 76.0 Å². The zero-order chi connectivity index (χ0) is 25.3. The summed E-state index contributed by atoms with van der Waals surface area (Å²) in [5.41, 5.74) is 5.93. The summed E-state index contributed by atoms with van der Waals surface area (Å²) in [6.07, 6.45) is 1.48. The van der Waals surface area contributed by atoms with E-state index in [0.717, 1.165) is 27.9 Å². The van der Waals surface area contributed by atoms with Gasteiger partial charge in [-0.2, -0.15) is 0 Å². The van der Waals surface area contributed by atoms with Crippen LogP contribution in [-0.4, -0.2) is 15.5 Å². The molecule has 4 rings (SSSR count). The van der Waals surface area contributed by atoms with Crippen LogP contribution in [0.2, 0.25) is 0 Å². The summed E-state index contributed by atoms with van der Waals surface area (Å²) in [6.45, 7) is 12.7. The molecule has 0 spiro atoms. The van der Waals surface area contributed by atoms with E-state index >= 15 is 0 Å². The second kappa shape index (κ2) is 10.2. The number of thiophene rings is 1. The molecule has 0 aliphatic carbocycles. The van der Waals surface area contributed by atoms with Crippen molar-refractivity contribution in [3.8, 4) is 11.1 Å². The topological polar surface area (TPSA) is 64.0 Å². The Hall–Kier alpha value is -3.25. The van der Waals surface area contributed by atoms with Gasteiger partial charge in [-0.25, -0.2) is 4.98 Å². The number of benzene rings is 2. The van der Waals surface area contributed by atoms with E-state index in [-0.39, 0.29) is 29.8 Å². The number of para-hydroxylation sites is 1. The molecule has 35 heavy (non-hydrogen) atoms. The van der Waals surface area contributed by atoms with Crippen molar-refractivity contribution in [2.24, 2.45) is 0 Å². The molecule has 5 nitrogen and oxygen atoms in total. The van der Waals surface area contributed by atoms with Crippen molar-refractivity contribution in [3.05, 3.63) is 81.2 Å². The molecule has 2 aromatic carbocycles. The lowest BCUT2D eigenvalue weighted by Gasteiger charge is -2.20. The molecule has 0 saturated heterocycles. The van der Waals surface area contributed by atoms with Gasteiger partial charge >= 0.3 is 0 Å². The van der Waals surface area contributed by atoms with Gasteiger partial charge in [0.1, 0.15) is 11.4 Å². The van der Waals surface area contributed by atoms with Crippen LogP contribution in [-0.2, 0) is 11.3 Å². The zero-order valence-electron chi connectivity index (χ0n) is 21.3. The molecule has 0 aliphatic heterocycles. The summed E-state index contributed by atoms with van der Waals surface area (Å²) in [5, 5.41) is 5.64. The normalized spacial score (nSPS) is 11.7. The molecule has 4 aromatic rings. The van der Waals surface area contributed by atoms with Crippen LogP contribution in [0.15, 0.2) is 59.0 Å². The summed E-state index contributed by atoms with van der Waals surface area (Å²) < 4.78 is 1.41. The summed E-state index contributed by atoms with van der Waals surface area (Å²) in [5.74, 6) is 0.736. The zero-order valence-corrected chi connectivity index (χ0v) is 22.1. The molecule has 182 valence electrons. The molecule has 0 radical (unpaired) electrons. The Balaban J connectivity index is 1.66. The highest BCUT2D eigenvalue weighted by Crippen LogP contribution is 2.33. The molecule has 0 atom stereocenters. The van der Waals surface area contributed by atoms with Crippen molar-refractivity contribution in [1.29, 1.82) is 0 Å². The van der Waals surface area contributed by atoms with Crippen LogP contribution >= 0.6 is 11.3 Å². The smallest absolute Gasteiger partial charge is 0.263 e. The summed E-state index contributed by atoms with van der Waals surface area (Å²) in [7, 11) is 0. The fourth-order valence-corrected chi connectivity index (χ4v) is 5.28. The molecular weight excluding hydrogens is 454 g/mol. The summed E-state index contributed by atoms with van der Waals surface area (Å²) >= 11 is 1.45. The Morgan fingerprint density at radius 1 is 0.943 bits per heavy atom. The standard InChI is InChI=1S/C29H33N3O2S/c1-17(2)20-10-12-21(13-11-20)24-15-35-28-26(24)29(34)32(16-30-28)14-25(33)31-27-22(18(3)4)8-7-9-23(27)19(5)6/h7-13,15-19H,14H2,1-6H3,(H,31,33). The predicted molar refractivity (Wildman–Crippen MR) is 147 cm³/mol. The van der Waals surface area contributed by atoms with Gasteiger partial charge in [0.2, 0.25) is 5.91 Å². The van der Waals surface area contributed by atoms with Gasteiger partial charge in [0.25, 0.3) is 5.56 Å². The number of fused-ring (bicyclic) bond motifs is 1. The van der Waals surface area contributed by atoms with Gasteiger partial charge in [0.05, 0.1) is 11.7 Å². The first-order valence-electron chi connectivity index (χ1n) is 12.2. The number of aromatic nitrogens is 2. The monoisotopic (exact) mass is 487 g/mol. The fourth-order valence-electron chi connectivity index (χ4n) is 4.37. The van der Waals surface area contributed by atoms with Crippen molar-refractivity contribution >= 4 is 33.1 Å². The third kappa shape index (κ3) is 5.08. The van der Waals surface area contributed by atoms with Crippen LogP contribution in [0.4, 0.5) is 5.69 Å². The van der Waals surface area contributed by atoms with Crippen LogP contribution in [0.25, 0.3) is 21.3 Å². The number of hydrogen-bond donors (Lipinski definition) is 1. The van der Waals surface area contributed by atoms with Gasteiger partial charge in [-0.3, -0.25) is 14.2 Å². The predicted octanol–water partition coefficient (Wildman–Crippen LogP) is 7.13. The van der Waals surface area contributed by atoms with E-state index in [1.54, 1.807) is 0 Å². The highest BCUT2D eigenvalue weighted by Gasteiger charge is 2.18. The van der Waals surface area contributed by atoms with Crippen molar-refractivity contribution in [3.63, 3.8) is 0 Å². The average Bonchev–Trinajstić information content (AvgIpc) is 3.25. The van der Waals surface area contributed by atoms with Gasteiger partial charge in [0.15, 0.2) is 0 Å². The van der Waals surface area contributed by atoms with E-state index < -0.39 is 0 Å². The van der Waals surface area contributed by atoms with Crippen LogP contribution in [0.5, 0.6) is 0 Å². The third-order valence-electron chi connectivity index (χ3n) is 6.40. The first-order chi connectivity index (χ1) is 16.7. The molecule has 0 bridgehead atoms. The van der Waals surface area contributed by atoms with Gasteiger partial charge in [0, 0.05) is 16.6 Å². The van der Waals surface area contributed by atoms with Gasteiger partial charge in [-0.1, -0.05) is 84.0 Å². The molecule has 1 amide bonds. The molecule has 1 N–H and O–H groups in total. The summed E-state index contributed by atoms with van der Waals surface area (Å²) in [6, 6.07) is 14.4. The van der Waals surface area contributed by atoms with Gasteiger partial charge in [-0.05, 0) is 40.0 Å². The minimum atomic E-state index is -0.235. The molecule has 0 fully saturated rings. The number of nitrogens with zero attached hydrogens (tertiary/aromatic N) is 2. The Bertz CT molecular complexity index is 1390. The van der Waals surface area contributed by atoms with Crippen LogP contribution in [0, 0.1) is 0 Å². The Kier molecular flexibility index (Phi) is 7.22. The quantitative estimate of drug-likeness (QED) is 0.301. The van der Waals surface area contributed by atoms with Crippen molar-refractivity contribution < 1.29 is 4.79 Å². The first-order valence-corrected chi connectivity index (χ1v) is 13.0. The molecule has 0 saturated carbocycles. The maximum atomic E-state index is 13.4. The number of carbonyl (C=O) groups is 1. The molecule has 6 heteroatoms. The maximum Gasteiger partial charge on any atom is 0.263 e. The molecular formula is C29H33N3O2S. The molecule has 0 unspecified atom stereocenters. The third-order valence-corrected chi connectivity index (χ3v) is 7.29. The molecule has 2 aromatic heterocycles. The highest BCUT2D eigenvalue weighted by molar-refractivity contribution is 7.17. The minimum Gasteiger partial charge on any atom is -0.324 e. The van der Waals surface area contributed by atoms with Crippen molar-refractivity contribution in [2.75, 3.05) is 5.32 Å². The van der Waals surface area contributed by atoms with Crippen LogP contribution in [0.3, 0.4) is 0 Å². The largest absolute Gasteiger partial charge is 0.324 e.